The summed E-state index contributed by atoms with van der Waals surface area (Å²) in [6.07, 6.45) is 0. The maximum Gasteiger partial charge on any atom is 0.265 e. The molecule has 0 radical (unpaired) electrons. The number of carbonyl (C=O) groups excluding carboxylic acids is 1. The predicted molar refractivity (Wildman–Crippen MR) is 142 cm³/mol. The second kappa shape index (κ2) is 12.0. The Hall–Kier alpha value is -3.75. The number of hydrogen-bond acceptors (Lipinski definition) is 9. The lowest BCUT2D eigenvalue weighted by Gasteiger charge is -2.13. The highest BCUT2D eigenvalue weighted by molar-refractivity contribution is 7.92. The first-order chi connectivity index (χ1) is 18.6. The van der Waals surface area contributed by atoms with Gasteiger partial charge in [0, 0.05) is 18.1 Å². The van der Waals surface area contributed by atoms with Crippen molar-refractivity contribution in [1.29, 1.82) is 0 Å². The van der Waals surface area contributed by atoms with Crippen molar-refractivity contribution in [3.8, 4) is 17.1 Å². The number of sulfonamides is 2. The van der Waals surface area contributed by atoms with Crippen LogP contribution in [0.4, 0.5) is 0 Å². The molecule has 0 bridgehead atoms. The van der Waals surface area contributed by atoms with Crippen molar-refractivity contribution in [3.63, 3.8) is 0 Å². The number of benzene rings is 3. The van der Waals surface area contributed by atoms with Crippen LogP contribution in [0, 0.1) is 0 Å². The zero-order valence-electron chi connectivity index (χ0n) is 20.8. The lowest BCUT2D eigenvalue weighted by atomic mass is 10.1. The molecule has 0 saturated heterocycles. The first-order valence-electron chi connectivity index (χ1n) is 11.6. The largest absolute Gasteiger partial charge is 0.490 e. The summed E-state index contributed by atoms with van der Waals surface area (Å²) >= 11 is 0. The van der Waals surface area contributed by atoms with Gasteiger partial charge in [-0.15, -0.1) is 0 Å². The summed E-state index contributed by atoms with van der Waals surface area (Å²) in [4.78, 5) is 11.7. The van der Waals surface area contributed by atoms with E-state index < -0.39 is 35.7 Å². The van der Waals surface area contributed by atoms with Gasteiger partial charge in [0.2, 0.25) is 10.0 Å². The summed E-state index contributed by atoms with van der Waals surface area (Å²) in [5.41, 5.74) is 1.13. The molecule has 0 atom stereocenters. The second-order valence-corrected chi connectivity index (χ2v) is 11.4. The lowest BCUT2D eigenvalue weighted by molar-refractivity contribution is 0.0545. The van der Waals surface area contributed by atoms with Crippen molar-refractivity contribution in [2.24, 2.45) is 5.14 Å². The van der Waals surface area contributed by atoms with Crippen LogP contribution in [0.3, 0.4) is 0 Å². The number of hydrogen-bond donors (Lipinski definition) is 2. The second-order valence-electron chi connectivity index (χ2n) is 8.24. The van der Waals surface area contributed by atoms with Crippen molar-refractivity contribution in [2.75, 3.05) is 33.5 Å². The Kier molecular flexibility index (Phi) is 8.67. The van der Waals surface area contributed by atoms with Crippen molar-refractivity contribution < 1.29 is 40.3 Å². The fraction of sp³-hybridized carbons (Fsp3) is 0.192. The van der Waals surface area contributed by atoms with E-state index >= 15 is 0 Å². The van der Waals surface area contributed by atoms with E-state index in [1.54, 1.807) is 13.2 Å². The monoisotopic (exact) mass is 574 g/mol. The number of primary sulfonamides is 1. The molecule has 3 N–H and O–H groups in total. The Morgan fingerprint density at radius 1 is 0.872 bits per heavy atom. The zero-order chi connectivity index (χ0) is 28.0. The number of rotatable bonds is 12. The Balaban J connectivity index is 1.63. The Morgan fingerprint density at radius 3 is 2.28 bits per heavy atom. The fourth-order valence-corrected chi connectivity index (χ4v) is 6.06. The summed E-state index contributed by atoms with van der Waals surface area (Å²) in [6.45, 7) is 1.15. The molecule has 39 heavy (non-hydrogen) atoms. The van der Waals surface area contributed by atoms with Crippen LogP contribution in [0.1, 0.15) is 10.4 Å². The summed E-state index contributed by atoms with van der Waals surface area (Å²) in [5, 5.41) is 6.02. The molecule has 1 aromatic heterocycles. The van der Waals surface area contributed by atoms with E-state index in [9.17, 15) is 21.6 Å². The van der Waals surface area contributed by atoms with Crippen LogP contribution in [0.15, 0.2) is 87.0 Å². The SMILES string of the molecule is COCCOCCOc1cc(C(=O)NS(=O)(=O)c2ccccc2S(N)(=O)=O)ccc1-c1cc2ccccc2o1. The molecule has 0 fully saturated rings. The number of nitrogens with one attached hydrogen (secondary N) is 1. The van der Waals surface area contributed by atoms with Gasteiger partial charge in [-0.3, -0.25) is 4.79 Å². The summed E-state index contributed by atoms with van der Waals surface area (Å²) < 4.78 is 73.7. The number of carbonyl (C=O) groups is 1. The van der Waals surface area contributed by atoms with E-state index in [2.05, 4.69) is 0 Å². The van der Waals surface area contributed by atoms with Crippen molar-refractivity contribution in [3.05, 3.63) is 78.4 Å². The molecule has 1 amide bonds. The van der Waals surface area contributed by atoms with E-state index in [0.29, 0.717) is 30.1 Å². The van der Waals surface area contributed by atoms with Gasteiger partial charge < -0.3 is 18.6 Å². The molecule has 4 rings (SSSR count). The average Bonchev–Trinajstić information content (AvgIpc) is 3.34. The third kappa shape index (κ3) is 6.82. The minimum absolute atomic E-state index is 0.0539. The van der Waals surface area contributed by atoms with Gasteiger partial charge in [-0.25, -0.2) is 26.7 Å². The van der Waals surface area contributed by atoms with Gasteiger partial charge in [0.1, 0.15) is 33.5 Å². The normalized spacial score (nSPS) is 11.9. The lowest BCUT2D eigenvalue weighted by Crippen LogP contribution is -2.32. The third-order valence-electron chi connectivity index (χ3n) is 5.52. The molecule has 4 aromatic rings. The van der Waals surface area contributed by atoms with Gasteiger partial charge in [0.25, 0.3) is 15.9 Å². The summed E-state index contributed by atoms with van der Waals surface area (Å²) in [6, 6.07) is 18.3. The number of furan rings is 1. The molecule has 0 aliphatic heterocycles. The van der Waals surface area contributed by atoms with Crippen LogP contribution in [0.2, 0.25) is 0 Å². The molecule has 0 aliphatic carbocycles. The Labute approximate surface area is 225 Å². The van der Waals surface area contributed by atoms with Crippen LogP contribution in [-0.4, -0.2) is 56.3 Å². The zero-order valence-corrected chi connectivity index (χ0v) is 22.5. The smallest absolute Gasteiger partial charge is 0.265 e. The third-order valence-corrected chi connectivity index (χ3v) is 8.01. The number of fused-ring (bicyclic) bond motifs is 1. The van der Waals surface area contributed by atoms with E-state index in [1.807, 2.05) is 35.1 Å². The molecule has 0 saturated carbocycles. The number of ether oxygens (including phenoxy) is 3. The number of methoxy groups -OCH3 is 1. The molecule has 11 nitrogen and oxygen atoms in total. The Bertz CT molecular complexity index is 1660. The highest BCUT2D eigenvalue weighted by Gasteiger charge is 2.26. The minimum atomic E-state index is -4.59. The van der Waals surface area contributed by atoms with E-state index in [-0.39, 0.29) is 24.5 Å². The van der Waals surface area contributed by atoms with Gasteiger partial charge >= 0.3 is 0 Å². The molecule has 3 aromatic carbocycles. The maximum absolute atomic E-state index is 13.0. The van der Waals surface area contributed by atoms with Gasteiger partial charge in [0.15, 0.2) is 0 Å². The van der Waals surface area contributed by atoms with E-state index in [1.165, 1.54) is 24.3 Å². The Morgan fingerprint density at radius 2 is 1.56 bits per heavy atom. The quantitative estimate of drug-likeness (QED) is 0.242. The molecular weight excluding hydrogens is 548 g/mol. The molecule has 1 heterocycles. The van der Waals surface area contributed by atoms with Crippen molar-refractivity contribution in [2.45, 2.75) is 9.79 Å². The van der Waals surface area contributed by atoms with Gasteiger partial charge in [0.05, 0.1) is 25.4 Å². The van der Waals surface area contributed by atoms with Crippen LogP contribution in [0.25, 0.3) is 22.3 Å². The standard InChI is InChI=1S/C26H26N2O9S2/c1-34-12-13-35-14-15-36-22-17-19(10-11-20(22)23-16-18-6-2-3-7-21(18)37-23)26(29)28-39(32,33)25-9-5-4-8-24(25)38(27,30)31/h2-11,16-17H,12-15H2,1H3,(H,28,29)(H2,27,30,31). The molecule has 0 aliphatic rings. The van der Waals surface area contributed by atoms with E-state index in [0.717, 1.165) is 17.5 Å². The van der Waals surface area contributed by atoms with Crippen molar-refractivity contribution in [1.82, 2.24) is 4.72 Å². The summed E-state index contributed by atoms with van der Waals surface area (Å²) in [5.74, 6) is -0.274. The molecule has 0 spiro atoms. The van der Waals surface area contributed by atoms with Crippen LogP contribution in [-0.2, 0) is 29.5 Å². The molecule has 206 valence electrons. The highest BCUT2D eigenvalue weighted by Crippen LogP contribution is 2.35. The number of amides is 1. The summed E-state index contributed by atoms with van der Waals surface area (Å²) in [7, 11) is -7.40. The van der Waals surface area contributed by atoms with E-state index in [4.69, 9.17) is 23.8 Å². The number of nitrogens with two attached hydrogens (primary N) is 1. The van der Waals surface area contributed by atoms with Crippen LogP contribution in [0.5, 0.6) is 5.75 Å². The topological polar surface area (TPSA) is 164 Å². The van der Waals surface area contributed by atoms with Crippen molar-refractivity contribution >= 4 is 36.9 Å². The minimum Gasteiger partial charge on any atom is -0.490 e. The van der Waals surface area contributed by atoms with Gasteiger partial charge in [-0.2, -0.15) is 0 Å². The highest BCUT2D eigenvalue weighted by atomic mass is 32.2. The average molecular weight is 575 g/mol. The molecule has 13 heteroatoms. The maximum atomic E-state index is 13.0. The number of para-hydroxylation sites is 1. The van der Waals surface area contributed by atoms with Gasteiger partial charge in [-0.05, 0) is 42.5 Å². The first kappa shape index (κ1) is 28.3. The van der Waals surface area contributed by atoms with Gasteiger partial charge in [-0.1, -0.05) is 30.3 Å². The van der Waals surface area contributed by atoms with Crippen LogP contribution >= 0.6 is 0 Å². The predicted octanol–water partition coefficient (Wildman–Crippen LogP) is 2.91. The molecular formula is C26H26N2O9S2. The first-order valence-corrected chi connectivity index (χ1v) is 14.6. The fourth-order valence-electron chi connectivity index (χ4n) is 3.70. The molecule has 0 unspecified atom stereocenters. The van der Waals surface area contributed by atoms with Crippen LogP contribution < -0.4 is 14.6 Å².